The fourth-order valence-corrected chi connectivity index (χ4v) is 2.48. The summed E-state index contributed by atoms with van der Waals surface area (Å²) in [6.07, 6.45) is 3.67. The minimum absolute atomic E-state index is 0.119. The van der Waals surface area contributed by atoms with Crippen molar-refractivity contribution in [3.05, 3.63) is 41.2 Å². The fourth-order valence-electron chi connectivity index (χ4n) is 2.48. The predicted octanol–water partition coefficient (Wildman–Crippen LogP) is 2.68. The molecule has 0 bridgehead atoms. The van der Waals surface area contributed by atoms with E-state index in [4.69, 9.17) is 5.11 Å². The summed E-state index contributed by atoms with van der Waals surface area (Å²) in [6, 6.07) is 4.51. The van der Waals surface area contributed by atoms with Crippen LogP contribution in [0, 0.1) is 11.7 Å². The Morgan fingerprint density at radius 2 is 2.29 bits per heavy atom. The van der Waals surface area contributed by atoms with Crippen LogP contribution in [0.2, 0.25) is 0 Å². The maximum absolute atomic E-state index is 13.6. The number of carboxylic acids is 1. The van der Waals surface area contributed by atoms with E-state index in [1.807, 2.05) is 0 Å². The quantitative estimate of drug-likeness (QED) is 0.849. The molecule has 1 saturated heterocycles. The Morgan fingerprint density at radius 1 is 1.52 bits per heavy atom. The van der Waals surface area contributed by atoms with E-state index in [0.717, 1.165) is 24.6 Å². The van der Waals surface area contributed by atoms with Gasteiger partial charge < -0.3 is 10.0 Å². The number of rotatable bonds is 5. The Bertz CT molecular complexity index is 583. The standard InChI is InChI=1S/C16H18FNO3/c1-2-11-8-15(19)18(9-11)10-12-3-5-14(17)13(7-12)4-6-16(20)21/h3-7,11H,2,8-10H2,1H3,(H,20,21)/b6-4+. The summed E-state index contributed by atoms with van der Waals surface area (Å²) < 4.78 is 13.6. The second-order valence-corrected chi connectivity index (χ2v) is 5.28. The lowest BCUT2D eigenvalue weighted by Gasteiger charge is -2.17. The molecule has 0 aliphatic carbocycles. The van der Waals surface area contributed by atoms with Gasteiger partial charge in [0, 0.05) is 31.1 Å². The van der Waals surface area contributed by atoms with Gasteiger partial charge in [-0.25, -0.2) is 9.18 Å². The van der Waals surface area contributed by atoms with Gasteiger partial charge in [0.15, 0.2) is 0 Å². The van der Waals surface area contributed by atoms with Gasteiger partial charge in [-0.05, 0) is 29.7 Å². The zero-order valence-electron chi connectivity index (χ0n) is 11.9. The third-order valence-corrected chi connectivity index (χ3v) is 3.71. The number of halogens is 1. The zero-order chi connectivity index (χ0) is 15.4. The van der Waals surface area contributed by atoms with Crippen LogP contribution in [0.1, 0.15) is 30.9 Å². The van der Waals surface area contributed by atoms with Crippen molar-refractivity contribution in [1.82, 2.24) is 4.90 Å². The van der Waals surface area contributed by atoms with E-state index in [9.17, 15) is 14.0 Å². The van der Waals surface area contributed by atoms with Gasteiger partial charge in [-0.2, -0.15) is 0 Å². The van der Waals surface area contributed by atoms with Crippen LogP contribution in [0.25, 0.3) is 6.08 Å². The summed E-state index contributed by atoms with van der Waals surface area (Å²) in [5.41, 5.74) is 1.01. The molecule has 0 radical (unpaired) electrons. The molecule has 1 aliphatic rings. The summed E-state index contributed by atoms with van der Waals surface area (Å²) in [5.74, 6) is -1.09. The van der Waals surface area contributed by atoms with Gasteiger partial charge in [-0.3, -0.25) is 4.79 Å². The second kappa shape index (κ2) is 6.52. The molecule has 1 unspecified atom stereocenters. The number of carbonyl (C=O) groups is 2. The van der Waals surface area contributed by atoms with E-state index in [0.29, 0.717) is 18.9 Å². The minimum Gasteiger partial charge on any atom is -0.478 e. The minimum atomic E-state index is -1.12. The molecule has 0 saturated carbocycles. The van der Waals surface area contributed by atoms with Crippen molar-refractivity contribution in [3.63, 3.8) is 0 Å². The lowest BCUT2D eigenvalue weighted by atomic mass is 10.1. The third kappa shape index (κ3) is 3.90. The van der Waals surface area contributed by atoms with Gasteiger partial charge >= 0.3 is 5.97 Å². The average molecular weight is 291 g/mol. The van der Waals surface area contributed by atoms with E-state index in [1.165, 1.54) is 12.1 Å². The van der Waals surface area contributed by atoms with Gasteiger partial charge in [0.05, 0.1) is 0 Å². The van der Waals surface area contributed by atoms with Gasteiger partial charge in [-0.1, -0.05) is 19.4 Å². The van der Waals surface area contributed by atoms with Gasteiger partial charge in [0.2, 0.25) is 5.91 Å². The first-order valence-electron chi connectivity index (χ1n) is 6.96. The Labute approximate surface area is 122 Å². The number of carbonyl (C=O) groups excluding carboxylic acids is 1. The molecular formula is C16H18FNO3. The summed E-state index contributed by atoms with van der Waals surface area (Å²) in [7, 11) is 0. The Balaban J connectivity index is 2.12. The molecule has 1 aromatic carbocycles. The molecule has 2 rings (SSSR count). The third-order valence-electron chi connectivity index (χ3n) is 3.71. The Kier molecular flexibility index (Phi) is 4.73. The topological polar surface area (TPSA) is 57.6 Å². The average Bonchev–Trinajstić information content (AvgIpc) is 2.80. The van der Waals surface area contributed by atoms with Crippen LogP contribution in [-0.4, -0.2) is 28.4 Å². The lowest BCUT2D eigenvalue weighted by molar-refractivity contribution is -0.131. The monoisotopic (exact) mass is 291 g/mol. The van der Waals surface area contributed by atoms with Crippen molar-refractivity contribution in [2.24, 2.45) is 5.92 Å². The smallest absolute Gasteiger partial charge is 0.328 e. The van der Waals surface area contributed by atoms with Crippen LogP contribution < -0.4 is 0 Å². The molecule has 0 spiro atoms. The molecule has 5 heteroatoms. The van der Waals surface area contributed by atoms with Crippen molar-refractivity contribution < 1.29 is 19.1 Å². The van der Waals surface area contributed by atoms with Gasteiger partial charge in [0.25, 0.3) is 0 Å². The lowest BCUT2D eigenvalue weighted by Crippen LogP contribution is -2.24. The van der Waals surface area contributed by atoms with Crippen LogP contribution >= 0.6 is 0 Å². The molecule has 1 fully saturated rings. The van der Waals surface area contributed by atoms with Gasteiger partial charge in [0.1, 0.15) is 5.82 Å². The first kappa shape index (κ1) is 15.2. The number of benzene rings is 1. The largest absolute Gasteiger partial charge is 0.478 e. The molecule has 1 N–H and O–H groups in total. The number of hydrogen-bond acceptors (Lipinski definition) is 2. The Morgan fingerprint density at radius 3 is 2.90 bits per heavy atom. The highest BCUT2D eigenvalue weighted by Crippen LogP contribution is 2.23. The first-order chi connectivity index (χ1) is 9.99. The fraction of sp³-hybridized carbons (Fsp3) is 0.375. The molecule has 4 nitrogen and oxygen atoms in total. The highest BCUT2D eigenvalue weighted by atomic mass is 19.1. The van der Waals surface area contributed by atoms with Crippen molar-refractivity contribution in [2.75, 3.05) is 6.54 Å². The summed E-state index contributed by atoms with van der Waals surface area (Å²) in [6.45, 7) is 3.23. The summed E-state index contributed by atoms with van der Waals surface area (Å²) >= 11 is 0. The van der Waals surface area contributed by atoms with Gasteiger partial charge in [-0.15, -0.1) is 0 Å². The second-order valence-electron chi connectivity index (χ2n) is 5.28. The number of amides is 1. The molecule has 1 heterocycles. The number of carboxylic acid groups (broad SMARTS) is 1. The Hall–Kier alpha value is -2.17. The van der Waals surface area contributed by atoms with Crippen molar-refractivity contribution in [2.45, 2.75) is 26.3 Å². The molecule has 1 aliphatic heterocycles. The van der Waals surface area contributed by atoms with Crippen LogP contribution in [0.4, 0.5) is 4.39 Å². The van der Waals surface area contributed by atoms with Crippen LogP contribution in [0.15, 0.2) is 24.3 Å². The van der Waals surface area contributed by atoms with Crippen LogP contribution in [-0.2, 0) is 16.1 Å². The van der Waals surface area contributed by atoms with Crippen molar-refractivity contribution >= 4 is 18.0 Å². The molecule has 1 atom stereocenters. The van der Waals surface area contributed by atoms with Crippen molar-refractivity contribution in [1.29, 1.82) is 0 Å². The zero-order valence-corrected chi connectivity index (χ0v) is 11.9. The van der Waals surface area contributed by atoms with E-state index in [-0.39, 0.29) is 11.5 Å². The predicted molar refractivity (Wildman–Crippen MR) is 76.9 cm³/mol. The number of likely N-dealkylation sites (tertiary alicyclic amines) is 1. The number of nitrogens with zero attached hydrogens (tertiary/aromatic N) is 1. The summed E-state index contributed by atoms with van der Waals surface area (Å²) in [5, 5.41) is 8.59. The molecule has 0 aromatic heterocycles. The normalized spacial score (nSPS) is 18.7. The van der Waals surface area contributed by atoms with E-state index in [2.05, 4.69) is 6.92 Å². The molecule has 1 amide bonds. The highest BCUT2D eigenvalue weighted by molar-refractivity contribution is 5.85. The maximum atomic E-state index is 13.6. The molecule has 1 aromatic rings. The SMILES string of the molecule is CCC1CC(=O)N(Cc2ccc(F)c(/C=C/C(=O)O)c2)C1. The molecular weight excluding hydrogens is 273 g/mol. The van der Waals surface area contributed by atoms with Crippen LogP contribution in [0.3, 0.4) is 0 Å². The maximum Gasteiger partial charge on any atom is 0.328 e. The first-order valence-corrected chi connectivity index (χ1v) is 6.96. The highest BCUT2D eigenvalue weighted by Gasteiger charge is 2.28. The number of hydrogen-bond donors (Lipinski definition) is 1. The number of aliphatic carboxylic acids is 1. The van der Waals surface area contributed by atoms with E-state index >= 15 is 0 Å². The van der Waals surface area contributed by atoms with Crippen molar-refractivity contribution in [3.8, 4) is 0 Å². The van der Waals surface area contributed by atoms with Crippen LogP contribution in [0.5, 0.6) is 0 Å². The molecule has 112 valence electrons. The van der Waals surface area contributed by atoms with E-state index in [1.54, 1.807) is 17.0 Å². The summed E-state index contributed by atoms with van der Waals surface area (Å²) in [4.78, 5) is 24.1. The molecule has 21 heavy (non-hydrogen) atoms. The van der Waals surface area contributed by atoms with E-state index < -0.39 is 11.8 Å².